The topological polar surface area (TPSA) is 22.0 Å². The largest absolute Gasteiger partial charge is 0.311 e. The van der Waals surface area contributed by atoms with Crippen LogP contribution in [0.15, 0.2) is 59.4 Å². The molecule has 0 saturated carbocycles. The van der Waals surface area contributed by atoms with Gasteiger partial charge in [0.2, 0.25) is 0 Å². The molecule has 0 spiro atoms. The highest BCUT2D eigenvalue weighted by Gasteiger charge is 2.08. The fourth-order valence-electron chi connectivity index (χ4n) is 2.47. The van der Waals surface area contributed by atoms with E-state index in [9.17, 15) is 4.79 Å². The third-order valence-electron chi connectivity index (χ3n) is 3.57. The van der Waals surface area contributed by atoms with E-state index in [1.165, 1.54) is 0 Å². The summed E-state index contributed by atoms with van der Waals surface area (Å²) >= 11 is 0. The van der Waals surface area contributed by atoms with Gasteiger partial charge >= 0.3 is 0 Å². The number of rotatable bonds is 1. The number of aryl methyl sites for hydroxylation is 1. The van der Waals surface area contributed by atoms with Gasteiger partial charge in [0.15, 0.2) is 0 Å². The Morgan fingerprint density at radius 2 is 1.63 bits per heavy atom. The lowest BCUT2D eigenvalue weighted by Gasteiger charge is -2.11. The van der Waals surface area contributed by atoms with E-state index in [2.05, 4.69) is 6.07 Å². The molecule has 0 aliphatic carbocycles. The number of aromatic nitrogens is 1. The molecule has 0 N–H and O–H groups in total. The Labute approximate surface area is 111 Å². The molecule has 0 atom stereocenters. The van der Waals surface area contributed by atoms with Crippen LogP contribution in [0.1, 0.15) is 5.56 Å². The van der Waals surface area contributed by atoms with Crippen molar-refractivity contribution in [3.63, 3.8) is 0 Å². The maximum Gasteiger partial charge on any atom is 0.258 e. The van der Waals surface area contributed by atoms with Gasteiger partial charge in [0.1, 0.15) is 0 Å². The van der Waals surface area contributed by atoms with Crippen molar-refractivity contribution in [1.82, 2.24) is 4.57 Å². The first-order valence-electron chi connectivity index (χ1n) is 6.33. The standard InChI is InChI=1S/C17H15NO/c1-12-7-6-10-14-15(12)11-16(18(2)17(14)19)13-8-4-3-5-9-13/h3-11H,1-2H3. The Hall–Kier alpha value is -2.35. The SMILES string of the molecule is Cc1cccc2c(=O)n(C)c(-c3ccccc3)cc12. The van der Waals surface area contributed by atoms with E-state index in [0.29, 0.717) is 0 Å². The van der Waals surface area contributed by atoms with Gasteiger partial charge in [-0.05, 0) is 35.6 Å². The molecule has 0 aliphatic rings. The molecule has 3 aromatic rings. The van der Waals surface area contributed by atoms with Crippen LogP contribution in [0.5, 0.6) is 0 Å². The highest BCUT2D eigenvalue weighted by Crippen LogP contribution is 2.23. The van der Waals surface area contributed by atoms with E-state index in [4.69, 9.17) is 0 Å². The van der Waals surface area contributed by atoms with Crippen LogP contribution in [0.3, 0.4) is 0 Å². The Bertz CT molecular complexity index is 801. The maximum absolute atomic E-state index is 12.4. The molecule has 0 fully saturated rings. The first kappa shape index (κ1) is 11.7. The van der Waals surface area contributed by atoms with E-state index >= 15 is 0 Å². The van der Waals surface area contributed by atoms with Crippen molar-refractivity contribution in [3.05, 3.63) is 70.5 Å². The van der Waals surface area contributed by atoms with Crippen LogP contribution in [0.4, 0.5) is 0 Å². The summed E-state index contributed by atoms with van der Waals surface area (Å²) in [6, 6.07) is 18.0. The molecular formula is C17H15NO. The fourth-order valence-corrected chi connectivity index (χ4v) is 2.47. The lowest BCUT2D eigenvalue weighted by Crippen LogP contribution is -2.18. The lowest BCUT2D eigenvalue weighted by atomic mass is 10.0. The van der Waals surface area contributed by atoms with Crippen molar-refractivity contribution in [1.29, 1.82) is 0 Å². The molecule has 2 aromatic carbocycles. The van der Waals surface area contributed by atoms with Gasteiger partial charge in [-0.3, -0.25) is 4.79 Å². The number of pyridine rings is 1. The van der Waals surface area contributed by atoms with E-state index in [-0.39, 0.29) is 5.56 Å². The van der Waals surface area contributed by atoms with Gasteiger partial charge in [-0.25, -0.2) is 0 Å². The third kappa shape index (κ3) is 1.85. The maximum atomic E-state index is 12.4. The van der Waals surface area contributed by atoms with Gasteiger partial charge in [0.25, 0.3) is 5.56 Å². The zero-order chi connectivity index (χ0) is 13.4. The summed E-state index contributed by atoms with van der Waals surface area (Å²) in [6.45, 7) is 2.04. The summed E-state index contributed by atoms with van der Waals surface area (Å²) in [5.74, 6) is 0. The van der Waals surface area contributed by atoms with Crippen molar-refractivity contribution in [2.75, 3.05) is 0 Å². The number of fused-ring (bicyclic) bond motifs is 1. The predicted molar refractivity (Wildman–Crippen MR) is 79.4 cm³/mol. The van der Waals surface area contributed by atoms with Crippen LogP contribution in [0, 0.1) is 6.92 Å². The van der Waals surface area contributed by atoms with Gasteiger partial charge in [-0.1, -0.05) is 42.5 Å². The molecule has 94 valence electrons. The van der Waals surface area contributed by atoms with Gasteiger partial charge < -0.3 is 4.57 Å². The quantitative estimate of drug-likeness (QED) is 0.647. The average molecular weight is 249 g/mol. The molecule has 2 heteroatoms. The molecule has 3 rings (SSSR count). The lowest BCUT2D eigenvalue weighted by molar-refractivity contribution is 0.883. The third-order valence-corrected chi connectivity index (χ3v) is 3.57. The Kier molecular flexibility index (Phi) is 2.71. The van der Waals surface area contributed by atoms with Crippen LogP contribution < -0.4 is 5.56 Å². The van der Waals surface area contributed by atoms with E-state index in [1.807, 2.05) is 62.5 Å². The fraction of sp³-hybridized carbons (Fsp3) is 0.118. The summed E-state index contributed by atoms with van der Waals surface area (Å²) in [7, 11) is 1.83. The first-order chi connectivity index (χ1) is 9.18. The molecule has 0 bridgehead atoms. The number of hydrogen-bond acceptors (Lipinski definition) is 1. The van der Waals surface area contributed by atoms with E-state index in [1.54, 1.807) is 4.57 Å². The summed E-state index contributed by atoms with van der Waals surface area (Å²) in [6.07, 6.45) is 0. The van der Waals surface area contributed by atoms with Gasteiger partial charge in [-0.2, -0.15) is 0 Å². The zero-order valence-electron chi connectivity index (χ0n) is 11.1. The molecule has 0 radical (unpaired) electrons. The van der Waals surface area contributed by atoms with Gasteiger partial charge in [0.05, 0.1) is 5.69 Å². The molecule has 0 saturated heterocycles. The van der Waals surface area contributed by atoms with Crippen molar-refractivity contribution < 1.29 is 0 Å². The second-order valence-corrected chi connectivity index (χ2v) is 4.80. The summed E-state index contributed by atoms with van der Waals surface area (Å²) in [5.41, 5.74) is 3.20. The second kappa shape index (κ2) is 4.39. The van der Waals surface area contributed by atoms with Gasteiger partial charge in [-0.15, -0.1) is 0 Å². The molecule has 0 aliphatic heterocycles. The molecule has 0 unspecified atom stereocenters. The summed E-state index contributed by atoms with van der Waals surface area (Å²) < 4.78 is 1.72. The highest BCUT2D eigenvalue weighted by atomic mass is 16.1. The average Bonchev–Trinajstić information content (AvgIpc) is 2.44. The van der Waals surface area contributed by atoms with Crippen LogP contribution >= 0.6 is 0 Å². The summed E-state index contributed by atoms with van der Waals surface area (Å²) in [4.78, 5) is 12.4. The minimum absolute atomic E-state index is 0.0556. The highest BCUT2D eigenvalue weighted by molar-refractivity contribution is 5.88. The Balaban J connectivity index is 2.42. The number of nitrogens with zero attached hydrogens (tertiary/aromatic N) is 1. The molecule has 1 heterocycles. The predicted octanol–water partition coefficient (Wildman–Crippen LogP) is 3.51. The summed E-state index contributed by atoms with van der Waals surface area (Å²) in [5, 5.41) is 1.81. The molecular weight excluding hydrogens is 234 g/mol. The minimum atomic E-state index is 0.0556. The van der Waals surface area contributed by atoms with Crippen molar-refractivity contribution >= 4 is 10.8 Å². The molecule has 1 aromatic heterocycles. The second-order valence-electron chi connectivity index (χ2n) is 4.80. The smallest absolute Gasteiger partial charge is 0.258 e. The minimum Gasteiger partial charge on any atom is -0.311 e. The Morgan fingerprint density at radius 1 is 0.895 bits per heavy atom. The monoisotopic (exact) mass is 249 g/mol. The van der Waals surface area contributed by atoms with Gasteiger partial charge in [0, 0.05) is 12.4 Å². The molecule has 2 nitrogen and oxygen atoms in total. The van der Waals surface area contributed by atoms with Crippen molar-refractivity contribution in [3.8, 4) is 11.3 Å². The number of benzene rings is 2. The molecule has 19 heavy (non-hydrogen) atoms. The Morgan fingerprint density at radius 3 is 2.37 bits per heavy atom. The zero-order valence-corrected chi connectivity index (χ0v) is 11.1. The van der Waals surface area contributed by atoms with E-state index in [0.717, 1.165) is 27.6 Å². The van der Waals surface area contributed by atoms with Crippen molar-refractivity contribution in [2.45, 2.75) is 6.92 Å². The van der Waals surface area contributed by atoms with Crippen LogP contribution in [0.25, 0.3) is 22.0 Å². The van der Waals surface area contributed by atoms with Crippen LogP contribution in [-0.2, 0) is 7.05 Å². The van der Waals surface area contributed by atoms with E-state index < -0.39 is 0 Å². The normalized spacial score (nSPS) is 10.8. The van der Waals surface area contributed by atoms with Crippen LogP contribution in [0.2, 0.25) is 0 Å². The van der Waals surface area contributed by atoms with Crippen molar-refractivity contribution in [2.24, 2.45) is 7.05 Å². The molecule has 0 amide bonds. The van der Waals surface area contributed by atoms with Crippen LogP contribution in [-0.4, -0.2) is 4.57 Å². The number of hydrogen-bond donors (Lipinski definition) is 0. The first-order valence-corrected chi connectivity index (χ1v) is 6.33.